The molecule has 0 saturated heterocycles. The second-order valence-electron chi connectivity index (χ2n) is 3.97. The van der Waals surface area contributed by atoms with Gasteiger partial charge in [-0.1, -0.05) is 0 Å². The Bertz CT molecular complexity index is 403. The lowest BCUT2D eigenvalue weighted by Gasteiger charge is -2.16. The summed E-state index contributed by atoms with van der Waals surface area (Å²) in [4.78, 5) is 25.4. The first-order valence-electron chi connectivity index (χ1n) is 5.46. The highest BCUT2D eigenvalue weighted by Crippen LogP contribution is 2.22. The molecule has 1 amide bonds. The van der Waals surface area contributed by atoms with Crippen LogP contribution in [-0.2, 0) is 16.0 Å². The predicted octanol–water partition coefficient (Wildman–Crippen LogP) is 2.88. The van der Waals surface area contributed by atoms with E-state index in [0.29, 0.717) is 19.4 Å². The van der Waals surface area contributed by atoms with E-state index in [0.717, 1.165) is 10.2 Å². The number of carbonyl (C=O) groups excluding carboxylic acids is 2. The van der Waals surface area contributed by atoms with Crippen molar-refractivity contribution >= 4 is 39.0 Å². The van der Waals surface area contributed by atoms with Gasteiger partial charge in [0, 0.05) is 31.3 Å². The van der Waals surface area contributed by atoms with E-state index in [4.69, 9.17) is 0 Å². The summed E-state index contributed by atoms with van der Waals surface area (Å²) in [5, 5.41) is 0. The van der Waals surface area contributed by atoms with Gasteiger partial charge >= 0.3 is 0 Å². The van der Waals surface area contributed by atoms with Gasteiger partial charge in [-0.25, -0.2) is 0 Å². The third-order valence-corrected chi connectivity index (χ3v) is 4.12. The molecule has 1 heterocycles. The summed E-state index contributed by atoms with van der Waals surface area (Å²) in [7, 11) is 1.78. The van der Waals surface area contributed by atoms with Gasteiger partial charge in [-0.15, -0.1) is 11.3 Å². The molecule has 0 aliphatic rings. The Morgan fingerprint density at radius 3 is 2.59 bits per heavy atom. The van der Waals surface area contributed by atoms with Crippen molar-refractivity contribution < 1.29 is 9.59 Å². The zero-order valence-corrected chi connectivity index (χ0v) is 12.4. The molecule has 0 atom stereocenters. The summed E-state index contributed by atoms with van der Waals surface area (Å²) in [6.45, 7) is 2.21. The van der Waals surface area contributed by atoms with Crippen molar-refractivity contribution in [2.75, 3.05) is 13.6 Å². The van der Waals surface area contributed by atoms with Crippen LogP contribution in [0.3, 0.4) is 0 Å². The Kier molecular flexibility index (Phi) is 5.85. The molecule has 5 heteroatoms. The molecule has 0 unspecified atom stereocenters. The van der Waals surface area contributed by atoms with E-state index in [1.807, 2.05) is 6.07 Å². The highest BCUT2D eigenvalue weighted by atomic mass is 79.9. The van der Waals surface area contributed by atoms with Crippen molar-refractivity contribution in [2.24, 2.45) is 0 Å². The number of hydrogen-bond acceptors (Lipinski definition) is 3. The van der Waals surface area contributed by atoms with Gasteiger partial charge in [0.25, 0.3) is 0 Å². The fourth-order valence-corrected chi connectivity index (χ4v) is 2.83. The molecule has 0 spiro atoms. The van der Waals surface area contributed by atoms with Gasteiger partial charge in [0.15, 0.2) is 0 Å². The zero-order chi connectivity index (χ0) is 12.8. The lowest BCUT2D eigenvalue weighted by Crippen LogP contribution is -2.28. The molecule has 0 saturated carbocycles. The molecule has 17 heavy (non-hydrogen) atoms. The fourth-order valence-electron chi connectivity index (χ4n) is 1.36. The molecular formula is C12H16BrNO2S. The van der Waals surface area contributed by atoms with Crippen LogP contribution in [0.5, 0.6) is 0 Å². The first kappa shape index (κ1) is 14.4. The Balaban J connectivity index is 2.31. The van der Waals surface area contributed by atoms with Crippen LogP contribution in [0.2, 0.25) is 0 Å². The number of rotatable bonds is 6. The first-order chi connectivity index (χ1) is 7.99. The molecule has 3 nitrogen and oxygen atoms in total. The Morgan fingerprint density at radius 1 is 1.35 bits per heavy atom. The van der Waals surface area contributed by atoms with Crippen molar-refractivity contribution in [3.8, 4) is 0 Å². The normalized spacial score (nSPS) is 10.3. The standard InChI is InChI=1S/C12H16BrNO2S/c1-9(15)3-6-12(16)14(2)8-7-10-4-5-11(13)17-10/h4-5H,3,6-8H2,1-2H3. The van der Waals surface area contributed by atoms with Crippen molar-refractivity contribution in [3.05, 3.63) is 20.8 Å². The third kappa shape index (κ3) is 5.46. The lowest BCUT2D eigenvalue weighted by atomic mass is 10.2. The molecular weight excluding hydrogens is 302 g/mol. The Labute approximate surface area is 114 Å². The molecule has 1 aromatic rings. The van der Waals surface area contributed by atoms with Gasteiger partial charge in [0.05, 0.1) is 3.79 Å². The minimum absolute atomic E-state index is 0.0378. The maximum atomic E-state index is 11.6. The predicted molar refractivity (Wildman–Crippen MR) is 73.3 cm³/mol. The molecule has 0 N–H and O–H groups in total. The highest BCUT2D eigenvalue weighted by Gasteiger charge is 2.10. The Hall–Kier alpha value is -0.680. The van der Waals surface area contributed by atoms with E-state index < -0.39 is 0 Å². The number of ketones is 1. The minimum atomic E-state index is 0.0378. The zero-order valence-electron chi connectivity index (χ0n) is 10.0. The smallest absolute Gasteiger partial charge is 0.222 e. The van der Waals surface area contributed by atoms with Crippen LogP contribution in [0.15, 0.2) is 15.9 Å². The number of halogens is 1. The van der Waals surface area contributed by atoms with Crippen molar-refractivity contribution in [2.45, 2.75) is 26.2 Å². The first-order valence-corrected chi connectivity index (χ1v) is 7.07. The van der Waals surface area contributed by atoms with E-state index in [-0.39, 0.29) is 11.7 Å². The molecule has 1 aromatic heterocycles. The molecule has 0 bridgehead atoms. The summed E-state index contributed by atoms with van der Waals surface area (Å²) in [6.07, 6.45) is 1.52. The van der Waals surface area contributed by atoms with Gasteiger partial charge < -0.3 is 9.69 Å². The topological polar surface area (TPSA) is 37.4 Å². The average molecular weight is 318 g/mol. The van der Waals surface area contributed by atoms with E-state index >= 15 is 0 Å². The molecule has 0 aromatic carbocycles. The van der Waals surface area contributed by atoms with Crippen LogP contribution < -0.4 is 0 Å². The number of thiophene rings is 1. The summed E-state index contributed by atoms with van der Waals surface area (Å²) >= 11 is 5.09. The summed E-state index contributed by atoms with van der Waals surface area (Å²) in [6, 6.07) is 4.07. The maximum absolute atomic E-state index is 11.6. The van der Waals surface area contributed by atoms with Crippen LogP contribution >= 0.6 is 27.3 Å². The SMILES string of the molecule is CC(=O)CCC(=O)N(C)CCc1ccc(Br)s1. The van der Waals surface area contributed by atoms with Gasteiger partial charge in [0.1, 0.15) is 5.78 Å². The summed E-state index contributed by atoms with van der Waals surface area (Å²) < 4.78 is 1.11. The van der Waals surface area contributed by atoms with Crippen LogP contribution in [0.4, 0.5) is 0 Å². The number of likely N-dealkylation sites (N-methyl/N-ethyl adjacent to an activating group) is 1. The van der Waals surface area contributed by atoms with Crippen molar-refractivity contribution in [1.82, 2.24) is 4.90 Å². The van der Waals surface area contributed by atoms with E-state index in [1.54, 1.807) is 23.3 Å². The van der Waals surface area contributed by atoms with Gasteiger partial charge in [-0.3, -0.25) is 4.79 Å². The summed E-state index contributed by atoms with van der Waals surface area (Å²) in [5.74, 6) is 0.102. The van der Waals surface area contributed by atoms with Gasteiger partial charge in [-0.2, -0.15) is 0 Å². The number of Topliss-reactive ketones (excluding diaryl/α,β-unsaturated/α-hetero) is 1. The number of hydrogen-bond donors (Lipinski definition) is 0. The number of carbonyl (C=O) groups is 2. The molecule has 0 aliphatic heterocycles. The van der Waals surface area contributed by atoms with Crippen molar-refractivity contribution in [3.63, 3.8) is 0 Å². The van der Waals surface area contributed by atoms with Crippen LogP contribution in [0.1, 0.15) is 24.6 Å². The quantitative estimate of drug-likeness (QED) is 0.809. The maximum Gasteiger partial charge on any atom is 0.222 e. The monoisotopic (exact) mass is 317 g/mol. The van der Waals surface area contributed by atoms with Crippen LogP contribution in [0.25, 0.3) is 0 Å². The van der Waals surface area contributed by atoms with Crippen LogP contribution in [-0.4, -0.2) is 30.2 Å². The second kappa shape index (κ2) is 6.91. The van der Waals surface area contributed by atoms with Gasteiger partial charge in [0.2, 0.25) is 5.91 Å². The number of nitrogens with zero attached hydrogens (tertiary/aromatic N) is 1. The molecule has 0 fully saturated rings. The van der Waals surface area contributed by atoms with Gasteiger partial charge in [-0.05, 0) is 41.4 Å². The molecule has 0 aliphatic carbocycles. The molecule has 94 valence electrons. The average Bonchev–Trinajstić information content (AvgIpc) is 2.68. The largest absolute Gasteiger partial charge is 0.345 e. The second-order valence-corrected chi connectivity index (χ2v) is 6.52. The highest BCUT2D eigenvalue weighted by molar-refractivity contribution is 9.11. The van der Waals surface area contributed by atoms with Crippen LogP contribution in [0, 0.1) is 0 Å². The lowest BCUT2D eigenvalue weighted by molar-refractivity contribution is -0.131. The van der Waals surface area contributed by atoms with E-state index in [9.17, 15) is 9.59 Å². The molecule has 1 rings (SSSR count). The molecule has 0 radical (unpaired) electrons. The Morgan fingerprint density at radius 2 is 2.06 bits per heavy atom. The third-order valence-electron chi connectivity index (χ3n) is 2.44. The van der Waals surface area contributed by atoms with Crippen molar-refractivity contribution in [1.29, 1.82) is 0 Å². The van der Waals surface area contributed by atoms with E-state index in [2.05, 4.69) is 22.0 Å². The summed E-state index contributed by atoms with van der Waals surface area (Å²) in [5.41, 5.74) is 0. The minimum Gasteiger partial charge on any atom is -0.345 e. The van der Waals surface area contributed by atoms with E-state index in [1.165, 1.54) is 11.8 Å². The fraction of sp³-hybridized carbons (Fsp3) is 0.500. The number of amides is 1.